The molecular formula is C19H19NO4. The van der Waals surface area contributed by atoms with Crippen molar-refractivity contribution in [2.75, 3.05) is 12.4 Å². The fourth-order valence-electron chi connectivity index (χ4n) is 2.31. The maximum Gasteiger partial charge on any atom is 0.337 e. The van der Waals surface area contributed by atoms with Crippen LogP contribution < -0.4 is 5.32 Å². The minimum atomic E-state index is -0.471. The van der Waals surface area contributed by atoms with Gasteiger partial charge in [0.05, 0.1) is 12.7 Å². The van der Waals surface area contributed by atoms with Crippen molar-refractivity contribution < 1.29 is 19.1 Å². The Kier molecular flexibility index (Phi) is 5.84. The van der Waals surface area contributed by atoms with Crippen LogP contribution in [0.25, 0.3) is 0 Å². The molecule has 0 bridgehead atoms. The molecule has 0 unspecified atom stereocenters. The molecule has 0 aromatic heterocycles. The number of methoxy groups -OCH3 is 1. The van der Waals surface area contributed by atoms with Gasteiger partial charge >= 0.3 is 5.97 Å². The molecule has 0 atom stereocenters. The molecule has 0 aliphatic carbocycles. The maximum atomic E-state index is 12.2. The van der Waals surface area contributed by atoms with Crippen LogP contribution >= 0.6 is 0 Å². The highest BCUT2D eigenvalue weighted by molar-refractivity contribution is 6.01. The smallest absolute Gasteiger partial charge is 0.337 e. The number of Topliss-reactive ketones (excluding diaryl/α,β-unsaturated/α-hetero) is 1. The van der Waals surface area contributed by atoms with E-state index in [4.69, 9.17) is 0 Å². The highest BCUT2D eigenvalue weighted by Crippen LogP contribution is 2.14. The number of ether oxygens (including phenoxy) is 1. The fourth-order valence-corrected chi connectivity index (χ4v) is 2.31. The number of hydrogen-bond acceptors (Lipinski definition) is 4. The van der Waals surface area contributed by atoms with Crippen molar-refractivity contribution in [3.8, 4) is 0 Å². The van der Waals surface area contributed by atoms with Crippen LogP contribution in [0.4, 0.5) is 5.69 Å². The molecule has 124 valence electrons. The molecule has 5 heteroatoms. The standard InChI is InChI=1S/C19H19NO4/c1-13-6-3-4-9-16(13)17(21)10-11-18(22)20-15-8-5-7-14(12-15)19(23)24-2/h3-9,12H,10-11H2,1-2H3,(H,20,22). The second-order valence-electron chi connectivity index (χ2n) is 5.36. The van der Waals surface area contributed by atoms with Crippen molar-refractivity contribution in [2.45, 2.75) is 19.8 Å². The zero-order valence-corrected chi connectivity index (χ0v) is 13.7. The summed E-state index contributed by atoms with van der Waals surface area (Å²) in [4.78, 5) is 35.6. The summed E-state index contributed by atoms with van der Waals surface area (Å²) in [6.45, 7) is 1.87. The van der Waals surface area contributed by atoms with Gasteiger partial charge in [-0.2, -0.15) is 0 Å². The van der Waals surface area contributed by atoms with Crippen LogP contribution in [0, 0.1) is 6.92 Å². The molecule has 5 nitrogen and oxygen atoms in total. The molecule has 0 aliphatic heterocycles. The van der Waals surface area contributed by atoms with Crippen molar-refractivity contribution in [1.82, 2.24) is 0 Å². The van der Waals surface area contributed by atoms with Gasteiger partial charge in [0.25, 0.3) is 0 Å². The summed E-state index contributed by atoms with van der Waals surface area (Å²) in [6, 6.07) is 13.8. The first-order valence-electron chi connectivity index (χ1n) is 7.58. The Balaban J connectivity index is 1.93. The summed E-state index contributed by atoms with van der Waals surface area (Å²) in [5.41, 5.74) is 2.38. The van der Waals surface area contributed by atoms with Gasteiger partial charge in [-0.1, -0.05) is 30.3 Å². The van der Waals surface area contributed by atoms with Crippen LogP contribution in [0.3, 0.4) is 0 Å². The molecule has 0 saturated carbocycles. The summed E-state index contributed by atoms with van der Waals surface area (Å²) in [7, 11) is 1.30. The van der Waals surface area contributed by atoms with Crippen molar-refractivity contribution in [1.29, 1.82) is 0 Å². The van der Waals surface area contributed by atoms with Crippen LogP contribution in [0.2, 0.25) is 0 Å². The zero-order chi connectivity index (χ0) is 17.5. The van der Waals surface area contributed by atoms with Gasteiger partial charge in [0, 0.05) is 24.1 Å². The Hall–Kier alpha value is -2.95. The Labute approximate surface area is 140 Å². The second kappa shape index (κ2) is 8.06. The van der Waals surface area contributed by atoms with E-state index in [0.29, 0.717) is 16.8 Å². The van der Waals surface area contributed by atoms with Crippen molar-refractivity contribution in [2.24, 2.45) is 0 Å². The molecule has 0 saturated heterocycles. The predicted molar refractivity (Wildman–Crippen MR) is 91.2 cm³/mol. The van der Waals surface area contributed by atoms with E-state index < -0.39 is 5.97 Å². The molecule has 0 spiro atoms. The average molecular weight is 325 g/mol. The topological polar surface area (TPSA) is 72.5 Å². The van der Waals surface area contributed by atoms with Crippen LogP contribution in [0.15, 0.2) is 48.5 Å². The number of amides is 1. The van der Waals surface area contributed by atoms with Crippen LogP contribution in [0.1, 0.15) is 39.1 Å². The van der Waals surface area contributed by atoms with E-state index in [9.17, 15) is 14.4 Å². The van der Waals surface area contributed by atoms with Crippen molar-refractivity contribution in [3.05, 3.63) is 65.2 Å². The van der Waals surface area contributed by atoms with Crippen LogP contribution in [0.5, 0.6) is 0 Å². The molecule has 0 aliphatic rings. The van der Waals surface area contributed by atoms with Gasteiger partial charge in [0.1, 0.15) is 0 Å². The van der Waals surface area contributed by atoms with Gasteiger partial charge < -0.3 is 10.1 Å². The van der Waals surface area contributed by atoms with Crippen LogP contribution in [-0.2, 0) is 9.53 Å². The largest absolute Gasteiger partial charge is 0.465 e. The van der Waals surface area contributed by atoms with Gasteiger partial charge in [-0.05, 0) is 30.7 Å². The summed E-state index contributed by atoms with van der Waals surface area (Å²) in [5.74, 6) is -0.814. The Morgan fingerprint density at radius 2 is 1.75 bits per heavy atom. The SMILES string of the molecule is COC(=O)c1cccc(NC(=O)CCC(=O)c2ccccc2C)c1. The first kappa shape index (κ1) is 17.4. The third-order valence-corrected chi connectivity index (χ3v) is 3.59. The average Bonchev–Trinajstić information content (AvgIpc) is 2.59. The lowest BCUT2D eigenvalue weighted by Crippen LogP contribution is -2.14. The van der Waals surface area contributed by atoms with Gasteiger partial charge in [-0.3, -0.25) is 9.59 Å². The summed E-state index contributed by atoms with van der Waals surface area (Å²) in [6.07, 6.45) is 0.211. The number of carbonyl (C=O) groups is 3. The molecule has 2 rings (SSSR count). The number of carbonyl (C=O) groups excluding carboxylic acids is 3. The molecular weight excluding hydrogens is 306 g/mol. The number of ketones is 1. The molecule has 24 heavy (non-hydrogen) atoms. The Bertz CT molecular complexity index is 767. The Morgan fingerprint density at radius 1 is 1.00 bits per heavy atom. The number of aryl methyl sites for hydroxylation is 1. The number of nitrogens with one attached hydrogen (secondary N) is 1. The number of anilines is 1. The van der Waals surface area contributed by atoms with Gasteiger partial charge in [-0.15, -0.1) is 0 Å². The predicted octanol–water partition coefficient (Wildman–Crippen LogP) is 3.38. The van der Waals surface area contributed by atoms with Crippen molar-refractivity contribution >= 4 is 23.3 Å². The van der Waals surface area contributed by atoms with E-state index in [1.54, 1.807) is 30.3 Å². The lowest BCUT2D eigenvalue weighted by Gasteiger charge is -2.07. The number of rotatable bonds is 6. The lowest BCUT2D eigenvalue weighted by atomic mass is 10.0. The molecule has 0 fully saturated rings. The summed E-state index contributed by atoms with van der Waals surface area (Å²) < 4.78 is 4.64. The number of benzene rings is 2. The second-order valence-corrected chi connectivity index (χ2v) is 5.36. The first-order chi connectivity index (χ1) is 11.5. The highest BCUT2D eigenvalue weighted by atomic mass is 16.5. The molecule has 2 aromatic rings. The minimum Gasteiger partial charge on any atom is -0.465 e. The van der Waals surface area contributed by atoms with Gasteiger partial charge in [-0.25, -0.2) is 4.79 Å². The lowest BCUT2D eigenvalue weighted by molar-refractivity contribution is -0.116. The van der Waals surface area contributed by atoms with Gasteiger partial charge in [0.2, 0.25) is 5.91 Å². The third-order valence-electron chi connectivity index (χ3n) is 3.59. The zero-order valence-electron chi connectivity index (χ0n) is 13.7. The first-order valence-corrected chi connectivity index (χ1v) is 7.58. The van der Waals surface area contributed by atoms with E-state index >= 15 is 0 Å². The highest BCUT2D eigenvalue weighted by Gasteiger charge is 2.12. The molecule has 0 heterocycles. The minimum absolute atomic E-state index is 0.0634. The summed E-state index contributed by atoms with van der Waals surface area (Å²) in [5, 5.41) is 2.68. The number of hydrogen-bond donors (Lipinski definition) is 1. The summed E-state index contributed by atoms with van der Waals surface area (Å²) >= 11 is 0. The van der Waals surface area contributed by atoms with E-state index in [1.807, 2.05) is 19.1 Å². The van der Waals surface area contributed by atoms with Crippen LogP contribution in [-0.4, -0.2) is 24.8 Å². The van der Waals surface area contributed by atoms with E-state index in [2.05, 4.69) is 10.1 Å². The molecule has 1 N–H and O–H groups in total. The maximum absolute atomic E-state index is 12.2. The third kappa shape index (κ3) is 4.52. The molecule has 2 aromatic carbocycles. The normalized spacial score (nSPS) is 10.1. The van der Waals surface area contributed by atoms with E-state index in [0.717, 1.165) is 5.56 Å². The Morgan fingerprint density at radius 3 is 2.46 bits per heavy atom. The number of esters is 1. The molecule has 1 amide bonds. The quantitative estimate of drug-likeness (QED) is 0.653. The monoisotopic (exact) mass is 325 g/mol. The van der Waals surface area contributed by atoms with Gasteiger partial charge in [0.15, 0.2) is 5.78 Å². The van der Waals surface area contributed by atoms with E-state index in [1.165, 1.54) is 13.2 Å². The van der Waals surface area contributed by atoms with E-state index in [-0.39, 0.29) is 24.5 Å². The molecule has 0 radical (unpaired) electrons. The fraction of sp³-hybridized carbons (Fsp3) is 0.211. The van der Waals surface area contributed by atoms with Crippen molar-refractivity contribution in [3.63, 3.8) is 0 Å².